The molecular formula is C33H48O12. The maximum Gasteiger partial charge on any atom is 0.319 e. The largest absolute Gasteiger partial charge is 0.435 e. The summed E-state index contributed by atoms with van der Waals surface area (Å²) >= 11 is 0. The van der Waals surface area contributed by atoms with Gasteiger partial charge in [0.1, 0.15) is 6.42 Å². The topological polar surface area (TPSA) is 126 Å². The fourth-order valence-electron chi connectivity index (χ4n) is 10.5. The molecule has 252 valence electrons. The summed E-state index contributed by atoms with van der Waals surface area (Å²) in [7, 11) is 0. The van der Waals surface area contributed by atoms with Crippen LogP contribution >= 0.6 is 0 Å². The minimum Gasteiger partial charge on any atom is -0.435 e. The number of rotatable bonds is 4. The van der Waals surface area contributed by atoms with Gasteiger partial charge in [0.25, 0.3) is 0 Å². The second-order valence-corrected chi connectivity index (χ2v) is 15.7. The quantitative estimate of drug-likeness (QED) is 0.237. The molecule has 0 N–H and O–H groups in total. The fourth-order valence-corrected chi connectivity index (χ4v) is 10.5. The van der Waals surface area contributed by atoms with Crippen LogP contribution in [0.15, 0.2) is 0 Å². The highest BCUT2D eigenvalue weighted by atomic mass is 17.3. The lowest BCUT2D eigenvalue weighted by molar-refractivity contribution is -0.576. The standard InChI is InChI=1S/C33H48O12/c1-16-7-9-22-18(3)26(38-28-32(22)20(16)11-13-30(5,40-28)42-44-32)36-24(34)15-25(35)37-27-19(4)23-10-8-17(2)21-12-14-31(6)41-29(39-27)33(21,23)45-43-31/h16-23,26-29H,7-15H2,1-6H3/t16-,17-,18-,19-,20+,21+,22+,23+,26+,27+,28-,29-,30+,31+,32-,33-/m1/s1. The first-order chi connectivity index (χ1) is 21.4. The van der Waals surface area contributed by atoms with Crippen LogP contribution in [0, 0.1) is 47.3 Å². The minimum atomic E-state index is -0.933. The van der Waals surface area contributed by atoms with E-state index in [1.165, 1.54) is 0 Å². The molecule has 16 atom stereocenters. The van der Waals surface area contributed by atoms with E-state index in [1.54, 1.807) is 0 Å². The van der Waals surface area contributed by atoms with Gasteiger partial charge in [0.2, 0.25) is 24.2 Å². The van der Waals surface area contributed by atoms with Gasteiger partial charge >= 0.3 is 11.9 Å². The normalized spacial score (nSPS) is 56.3. The maximum atomic E-state index is 13.2. The highest BCUT2D eigenvalue weighted by Gasteiger charge is 2.71. The first-order valence-corrected chi connectivity index (χ1v) is 17.2. The average Bonchev–Trinajstić information content (AvgIpc) is 3.36. The molecule has 0 amide bonds. The van der Waals surface area contributed by atoms with E-state index in [0.717, 1.165) is 38.5 Å². The molecule has 10 rings (SSSR count). The first kappa shape index (κ1) is 30.9. The lowest BCUT2D eigenvalue weighted by Gasteiger charge is -2.60. The van der Waals surface area contributed by atoms with Crippen LogP contribution in [0.3, 0.4) is 0 Å². The number of hydrogen-bond acceptors (Lipinski definition) is 12. The zero-order valence-electron chi connectivity index (χ0n) is 27.2. The molecule has 12 nitrogen and oxygen atoms in total. The Hall–Kier alpha value is -1.38. The summed E-state index contributed by atoms with van der Waals surface area (Å²) in [4.78, 5) is 50.4. The summed E-state index contributed by atoms with van der Waals surface area (Å²) in [5.41, 5.74) is -1.52. The van der Waals surface area contributed by atoms with Gasteiger partial charge in [-0.2, -0.15) is 0 Å². The van der Waals surface area contributed by atoms with Crippen LogP contribution < -0.4 is 0 Å². The third kappa shape index (κ3) is 4.53. The molecule has 8 aliphatic heterocycles. The molecule has 0 unspecified atom stereocenters. The van der Waals surface area contributed by atoms with Crippen molar-refractivity contribution in [3.8, 4) is 0 Å². The summed E-state index contributed by atoms with van der Waals surface area (Å²) in [6.45, 7) is 12.2. The Morgan fingerprint density at radius 1 is 0.600 bits per heavy atom. The summed E-state index contributed by atoms with van der Waals surface area (Å²) < 4.78 is 37.1. The number of hydrogen-bond donors (Lipinski definition) is 0. The first-order valence-electron chi connectivity index (χ1n) is 17.2. The summed E-state index contributed by atoms with van der Waals surface area (Å²) in [6, 6.07) is 0. The smallest absolute Gasteiger partial charge is 0.319 e. The molecule has 10 fully saturated rings. The van der Waals surface area contributed by atoms with Crippen LogP contribution in [0.5, 0.6) is 0 Å². The highest BCUT2D eigenvalue weighted by Crippen LogP contribution is 2.62. The number of carbonyl (C=O) groups excluding carboxylic acids is 2. The Bertz CT molecular complexity index is 1120. The van der Waals surface area contributed by atoms with E-state index in [-0.39, 0.29) is 35.5 Å². The van der Waals surface area contributed by atoms with E-state index in [4.69, 9.17) is 48.0 Å². The molecule has 0 radical (unpaired) electrons. The Morgan fingerprint density at radius 3 is 1.44 bits per heavy atom. The molecule has 2 saturated carbocycles. The second kappa shape index (κ2) is 10.6. The summed E-state index contributed by atoms with van der Waals surface area (Å²) in [5.74, 6) is -2.47. The molecule has 0 aromatic heterocycles. The molecule has 8 heterocycles. The van der Waals surface area contributed by atoms with Gasteiger partial charge in [0.15, 0.2) is 23.8 Å². The second-order valence-electron chi connectivity index (χ2n) is 15.7. The van der Waals surface area contributed by atoms with E-state index in [0.29, 0.717) is 24.7 Å². The predicted octanol–water partition coefficient (Wildman–Crippen LogP) is 4.88. The molecule has 4 bridgehead atoms. The fraction of sp³-hybridized carbons (Fsp3) is 0.939. The van der Waals surface area contributed by atoms with Gasteiger partial charge < -0.3 is 28.4 Å². The van der Waals surface area contributed by atoms with E-state index in [2.05, 4.69) is 13.8 Å². The van der Waals surface area contributed by atoms with E-state index < -0.39 is 66.3 Å². The molecule has 10 aliphatic rings. The van der Waals surface area contributed by atoms with Crippen LogP contribution in [0.4, 0.5) is 0 Å². The van der Waals surface area contributed by atoms with Crippen molar-refractivity contribution in [2.24, 2.45) is 47.3 Å². The van der Waals surface area contributed by atoms with Gasteiger partial charge in [-0.1, -0.05) is 27.7 Å². The van der Waals surface area contributed by atoms with Gasteiger partial charge in [-0.15, -0.1) is 0 Å². The van der Waals surface area contributed by atoms with Crippen LogP contribution in [0.25, 0.3) is 0 Å². The summed E-state index contributed by atoms with van der Waals surface area (Å²) in [5, 5.41) is 0. The number of esters is 2. The Labute approximate surface area is 264 Å². The van der Waals surface area contributed by atoms with Crippen molar-refractivity contribution < 1.29 is 57.6 Å². The van der Waals surface area contributed by atoms with Crippen molar-refractivity contribution in [3.63, 3.8) is 0 Å². The lowest BCUT2D eigenvalue weighted by Crippen LogP contribution is -2.70. The molecule has 12 heteroatoms. The molecule has 45 heavy (non-hydrogen) atoms. The van der Waals surface area contributed by atoms with Crippen molar-refractivity contribution in [1.29, 1.82) is 0 Å². The van der Waals surface area contributed by atoms with Gasteiger partial charge in [0.05, 0.1) is 0 Å². The van der Waals surface area contributed by atoms with Crippen LogP contribution in [-0.4, -0.2) is 59.9 Å². The third-order valence-corrected chi connectivity index (χ3v) is 13.0. The lowest BCUT2D eigenvalue weighted by atomic mass is 9.58. The maximum absolute atomic E-state index is 13.2. The minimum absolute atomic E-state index is 0.00124. The predicted molar refractivity (Wildman–Crippen MR) is 150 cm³/mol. The van der Waals surface area contributed by atoms with E-state index in [1.807, 2.05) is 27.7 Å². The summed E-state index contributed by atoms with van der Waals surface area (Å²) in [6.07, 6.45) is 3.14. The van der Waals surface area contributed by atoms with Crippen molar-refractivity contribution in [1.82, 2.24) is 0 Å². The SMILES string of the molecule is C[C@H]1[C@@H](OC(=O)CC(=O)O[C@H]2O[C@@H]3O[C@]4(C)CC[C@H]5[C@H](C)CC[C@@H]([C@H]2C)[C@@]35OO4)O[C@@H]2O[C@]3(C)CC[C@H]4[C@H](C)CC[C@@H]1[C@@]24OO3. The van der Waals surface area contributed by atoms with Crippen molar-refractivity contribution in [2.75, 3.05) is 0 Å². The number of carbonyl (C=O) groups is 2. The Balaban J connectivity index is 0.940. The Morgan fingerprint density at radius 2 is 1.02 bits per heavy atom. The molecule has 0 aromatic carbocycles. The molecule has 8 saturated heterocycles. The highest BCUT2D eigenvalue weighted by molar-refractivity contribution is 5.91. The van der Waals surface area contributed by atoms with Crippen molar-refractivity contribution in [3.05, 3.63) is 0 Å². The van der Waals surface area contributed by atoms with Gasteiger partial charge in [-0.3, -0.25) is 9.59 Å². The van der Waals surface area contributed by atoms with E-state index >= 15 is 0 Å². The zero-order valence-corrected chi connectivity index (χ0v) is 27.2. The van der Waals surface area contributed by atoms with Gasteiger partial charge in [-0.25, -0.2) is 19.6 Å². The zero-order chi connectivity index (χ0) is 31.5. The number of ether oxygens (including phenoxy) is 6. The van der Waals surface area contributed by atoms with Crippen LogP contribution in [0.1, 0.15) is 99.3 Å². The molecule has 0 aromatic rings. The molecular weight excluding hydrogens is 588 g/mol. The Kier molecular flexibility index (Phi) is 7.26. The van der Waals surface area contributed by atoms with Gasteiger partial charge in [-0.05, 0) is 76.0 Å². The van der Waals surface area contributed by atoms with Crippen LogP contribution in [0.2, 0.25) is 0 Å². The molecule has 2 spiro atoms. The molecule has 2 aliphatic carbocycles. The van der Waals surface area contributed by atoms with Gasteiger partial charge in [0, 0.05) is 36.5 Å². The average molecular weight is 637 g/mol. The third-order valence-electron chi connectivity index (χ3n) is 13.0. The van der Waals surface area contributed by atoms with Crippen LogP contribution in [-0.2, 0) is 57.6 Å². The van der Waals surface area contributed by atoms with E-state index in [9.17, 15) is 9.59 Å². The number of fused-ring (bicyclic) bond motifs is 4. The van der Waals surface area contributed by atoms with Crippen molar-refractivity contribution in [2.45, 2.75) is 147 Å². The van der Waals surface area contributed by atoms with Crippen molar-refractivity contribution >= 4 is 11.9 Å². The monoisotopic (exact) mass is 636 g/mol.